The highest BCUT2D eigenvalue weighted by Gasteiger charge is 2.34. The minimum absolute atomic E-state index is 0.0147. The summed E-state index contributed by atoms with van der Waals surface area (Å²) in [7, 11) is 0. The molecule has 4 rings (SSSR count). The van der Waals surface area contributed by atoms with E-state index in [0.717, 1.165) is 5.56 Å². The van der Waals surface area contributed by atoms with Gasteiger partial charge >= 0.3 is 0 Å². The van der Waals surface area contributed by atoms with Gasteiger partial charge in [-0.05, 0) is 31.5 Å². The van der Waals surface area contributed by atoms with Gasteiger partial charge in [0.05, 0.1) is 10.6 Å². The van der Waals surface area contributed by atoms with Gasteiger partial charge in [-0.3, -0.25) is 19.4 Å². The lowest BCUT2D eigenvalue weighted by molar-refractivity contribution is -0.116. The van der Waals surface area contributed by atoms with Crippen molar-refractivity contribution >= 4 is 23.3 Å². The Morgan fingerprint density at radius 1 is 1.29 bits per heavy atom. The molecule has 8 heteroatoms. The van der Waals surface area contributed by atoms with E-state index in [2.05, 4.69) is 10.4 Å². The van der Waals surface area contributed by atoms with Gasteiger partial charge in [-0.1, -0.05) is 11.6 Å². The van der Waals surface area contributed by atoms with E-state index in [9.17, 15) is 9.59 Å². The number of rotatable bonds is 2. The number of H-pyrrole nitrogens is 1. The maximum atomic E-state index is 12.5. The number of carbonyl (C=O) groups is 1. The fourth-order valence-corrected chi connectivity index (χ4v) is 3.52. The number of hydrogen-bond acceptors (Lipinski definition) is 4. The summed E-state index contributed by atoms with van der Waals surface area (Å²) in [4.78, 5) is 24.7. The van der Waals surface area contributed by atoms with E-state index in [1.807, 2.05) is 13.8 Å². The summed E-state index contributed by atoms with van der Waals surface area (Å²) in [5, 5.41) is 6.01. The number of nitrogens with one attached hydrogen (secondary N) is 2. The first-order valence-electron chi connectivity index (χ1n) is 7.69. The third kappa shape index (κ3) is 2.19. The number of aromatic amines is 1. The third-order valence-corrected chi connectivity index (χ3v) is 4.61. The second-order valence-corrected chi connectivity index (χ2v) is 6.62. The summed E-state index contributed by atoms with van der Waals surface area (Å²) in [5.74, 6) is 1.02. The van der Waals surface area contributed by atoms with Crippen molar-refractivity contribution in [1.29, 1.82) is 0 Å². The maximum Gasteiger partial charge on any atom is 0.270 e. The quantitative estimate of drug-likeness (QED) is 0.872. The number of anilines is 1. The topological polar surface area (TPSA) is 85.4 Å². The Hall–Kier alpha value is -2.41. The molecule has 0 saturated heterocycles. The average Bonchev–Trinajstić information content (AvgIpc) is 3.11. The minimum Gasteiger partial charge on any atom is -0.454 e. The molecule has 0 aliphatic carbocycles. The van der Waals surface area contributed by atoms with Crippen molar-refractivity contribution in [2.24, 2.45) is 0 Å². The Bertz CT molecular complexity index is 899. The van der Waals surface area contributed by atoms with E-state index in [0.29, 0.717) is 27.9 Å². The van der Waals surface area contributed by atoms with Crippen molar-refractivity contribution in [3.05, 3.63) is 38.6 Å². The minimum atomic E-state index is -0.385. The van der Waals surface area contributed by atoms with Crippen molar-refractivity contribution in [2.45, 2.75) is 32.2 Å². The molecule has 2 N–H and O–H groups in total. The molecule has 24 heavy (non-hydrogen) atoms. The molecule has 0 saturated carbocycles. The second kappa shape index (κ2) is 5.31. The zero-order valence-electron chi connectivity index (χ0n) is 13.2. The molecule has 2 aromatic rings. The highest BCUT2D eigenvalue weighted by molar-refractivity contribution is 6.32. The molecule has 0 spiro atoms. The molecule has 2 aliphatic rings. The molecule has 3 heterocycles. The zero-order chi connectivity index (χ0) is 17.0. The van der Waals surface area contributed by atoms with E-state index >= 15 is 0 Å². The fourth-order valence-electron chi connectivity index (χ4n) is 3.24. The van der Waals surface area contributed by atoms with Gasteiger partial charge in [0.15, 0.2) is 11.5 Å². The van der Waals surface area contributed by atoms with Crippen molar-refractivity contribution in [3.63, 3.8) is 0 Å². The standard InChI is InChI=1S/C16H16ClN3O4/c1-7(2)20-15-13(16(22)19-20)9(5-12(21)18-15)8-3-10(17)14-11(4-8)23-6-24-14/h3-4,7,9H,5-6H2,1-2H3,(H,18,21)(H,19,22)/t9-/m0/s1. The van der Waals surface area contributed by atoms with Crippen LogP contribution in [-0.4, -0.2) is 22.5 Å². The number of amides is 1. The highest BCUT2D eigenvalue weighted by Crippen LogP contribution is 2.44. The van der Waals surface area contributed by atoms with E-state index in [1.54, 1.807) is 16.8 Å². The molecule has 2 aliphatic heterocycles. The summed E-state index contributed by atoms with van der Waals surface area (Å²) in [6, 6.07) is 3.53. The Balaban J connectivity index is 1.88. The summed E-state index contributed by atoms with van der Waals surface area (Å²) in [6.07, 6.45) is 0.175. The van der Waals surface area contributed by atoms with Crippen LogP contribution < -0.4 is 20.3 Å². The first kappa shape index (κ1) is 15.1. The van der Waals surface area contributed by atoms with Crippen molar-refractivity contribution < 1.29 is 14.3 Å². The van der Waals surface area contributed by atoms with E-state index in [1.165, 1.54) is 0 Å². The SMILES string of the molecule is CC(C)n1[nH]c(=O)c2c1NC(=O)C[C@H]2c1cc(Cl)c2c(c1)OCO2. The smallest absolute Gasteiger partial charge is 0.270 e. The van der Waals surface area contributed by atoms with Crippen LogP contribution in [0.5, 0.6) is 11.5 Å². The number of fused-ring (bicyclic) bond motifs is 2. The molecule has 1 aromatic carbocycles. The number of aromatic nitrogens is 2. The van der Waals surface area contributed by atoms with Gasteiger partial charge in [-0.15, -0.1) is 0 Å². The summed E-state index contributed by atoms with van der Waals surface area (Å²) in [6.45, 7) is 3.98. The Labute approximate surface area is 142 Å². The van der Waals surface area contributed by atoms with Crippen LogP contribution in [0, 0.1) is 0 Å². The first-order valence-corrected chi connectivity index (χ1v) is 8.06. The van der Waals surface area contributed by atoms with Crippen LogP contribution in [-0.2, 0) is 4.79 Å². The monoisotopic (exact) mass is 349 g/mol. The van der Waals surface area contributed by atoms with Gasteiger partial charge in [-0.25, -0.2) is 0 Å². The number of carbonyl (C=O) groups excluding carboxylic acids is 1. The van der Waals surface area contributed by atoms with Crippen LogP contribution in [0.4, 0.5) is 5.82 Å². The highest BCUT2D eigenvalue weighted by atomic mass is 35.5. The van der Waals surface area contributed by atoms with Gasteiger partial charge in [0.2, 0.25) is 12.7 Å². The van der Waals surface area contributed by atoms with Gasteiger partial charge in [0.25, 0.3) is 5.56 Å². The summed E-state index contributed by atoms with van der Waals surface area (Å²) >= 11 is 6.26. The number of nitrogens with zero attached hydrogens (tertiary/aromatic N) is 1. The molecular weight excluding hydrogens is 334 g/mol. The van der Waals surface area contributed by atoms with E-state index in [-0.39, 0.29) is 36.6 Å². The van der Waals surface area contributed by atoms with Crippen molar-refractivity contribution in [3.8, 4) is 11.5 Å². The molecule has 0 radical (unpaired) electrons. The Morgan fingerprint density at radius 2 is 2.08 bits per heavy atom. The molecule has 1 atom stereocenters. The maximum absolute atomic E-state index is 12.5. The molecule has 1 amide bonds. The van der Waals surface area contributed by atoms with Gasteiger partial charge in [0, 0.05) is 18.4 Å². The number of ether oxygens (including phenoxy) is 2. The summed E-state index contributed by atoms with van der Waals surface area (Å²) in [5.41, 5.74) is 1.09. The van der Waals surface area contributed by atoms with Crippen LogP contribution >= 0.6 is 11.6 Å². The van der Waals surface area contributed by atoms with Crippen LogP contribution in [0.25, 0.3) is 0 Å². The lowest BCUT2D eigenvalue weighted by atomic mass is 9.87. The van der Waals surface area contributed by atoms with Gasteiger partial charge in [-0.2, -0.15) is 0 Å². The fraction of sp³-hybridized carbons (Fsp3) is 0.375. The molecule has 0 bridgehead atoms. The molecule has 0 unspecified atom stereocenters. The normalized spacial score (nSPS) is 18.7. The van der Waals surface area contributed by atoms with E-state index < -0.39 is 0 Å². The van der Waals surface area contributed by atoms with Crippen LogP contribution in [0.1, 0.15) is 43.4 Å². The molecular formula is C16H16ClN3O4. The third-order valence-electron chi connectivity index (χ3n) is 4.33. The largest absolute Gasteiger partial charge is 0.454 e. The molecule has 1 aromatic heterocycles. The Kier molecular flexibility index (Phi) is 3.35. The number of benzene rings is 1. The Morgan fingerprint density at radius 3 is 2.83 bits per heavy atom. The van der Waals surface area contributed by atoms with Gasteiger partial charge < -0.3 is 14.8 Å². The first-order chi connectivity index (χ1) is 11.5. The lowest BCUT2D eigenvalue weighted by Gasteiger charge is -2.24. The molecule has 7 nitrogen and oxygen atoms in total. The average molecular weight is 350 g/mol. The molecule has 126 valence electrons. The molecule has 0 fully saturated rings. The van der Waals surface area contributed by atoms with Crippen LogP contribution in [0.3, 0.4) is 0 Å². The van der Waals surface area contributed by atoms with Crippen molar-refractivity contribution in [2.75, 3.05) is 12.1 Å². The number of halogens is 1. The van der Waals surface area contributed by atoms with Crippen LogP contribution in [0.2, 0.25) is 5.02 Å². The van der Waals surface area contributed by atoms with Gasteiger partial charge in [0.1, 0.15) is 5.82 Å². The predicted molar refractivity (Wildman–Crippen MR) is 88.1 cm³/mol. The lowest BCUT2D eigenvalue weighted by Crippen LogP contribution is -2.27. The second-order valence-electron chi connectivity index (χ2n) is 6.21. The number of hydrogen-bond donors (Lipinski definition) is 2. The van der Waals surface area contributed by atoms with Crippen molar-refractivity contribution in [1.82, 2.24) is 9.78 Å². The zero-order valence-corrected chi connectivity index (χ0v) is 13.9. The predicted octanol–water partition coefficient (Wildman–Crippen LogP) is 2.61. The van der Waals surface area contributed by atoms with E-state index in [4.69, 9.17) is 21.1 Å². The summed E-state index contributed by atoms with van der Waals surface area (Å²) < 4.78 is 12.4. The van der Waals surface area contributed by atoms with Crippen LogP contribution in [0.15, 0.2) is 16.9 Å².